The molecule has 1 N–H and O–H groups in total. The van der Waals surface area contributed by atoms with Crippen molar-refractivity contribution >= 4 is 5.97 Å². The maximum absolute atomic E-state index is 12.3. The maximum Gasteiger partial charge on any atom is 0.306 e. The van der Waals surface area contributed by atoms with E-state index in [2.05, 4.69) is 26.0 Å². The van der Waals surface area contributed by atoms with Crippen LogP contribution in [0.25, 0.3) is 0 Å². The average molecular weight is 819 g/mol. The van der Waals surface area contributed by atoms with Gasteiger partial charge in [0.2, 0.25) is 0 Å². The highest BCUT2D eigenvalue weighted by Crippen LogP contribution is 2.17. The van der Waals surface area contributed by atoms with Gasteiger partial charge in [-0.15, -0.1) is 0 Å². The minimum atomic E-state index is -0.529. The van der Waals surface area contributed by atoms with E-state index in [1.165, 1.54) is 263 Å². The first-order valence-corrected chi connectivity index (χ1v) is 26.8. The van der Waals surface area contributed by atoms with Gasteiger partial charge in [-0.05, 0) is 38.5 Å². The standard InChI is InChI=1S/C54H106O4/c1-3-5-7-9-11-13-15-17-19-21-23-25-27-28-30-32-34-36-38-40-42-44-46-48-50-57-52-53(51-55)58-54(56)49-47-45-43-41-39-37-35-33-31-29-26-24-22-20-18-16-14-12-10-8-6-4-2/h21,23,53,55H,3-20,22,24-52H2,1-2H3/b23-21-. The lowest BCUT2D eigenvalue weighted by Gasteiger charge is -2.16. The monoisotopic (exact) mass is 819 g/mol. The lowest BCUT2D eigenvalue weighted by molar-refractivity contribution is -0.154. The topological polar surface area (TPSA) is 55.8 Å². The van der Waals surface area contributed by atoms with Gasteiger partial charge in [0.05, 0.1) is 13.2 Å². The average Bonchev–Trinajstić information content (AvgIpc) is 3.23. The Balaban J connectivity index is 3.34. The largest absolute Gasteiger partial charge is 0.457 e. The molecule has 0 saturated heterocycles. The first kappa shape index (κ1) is 57.1. The molecule has 0 aliphatic carbocycles. The molecular weight excluding hydrogens is 713 g/mol. The molecule has 0 aromatic rings. The van der Waals surface area contributed by atoms with E-state index in [0.717, 1.165) is 19.3 Å². The molecule has 0 bridgehead atoms. The predicted molar refractivity (Wildman–Crippen MR) is 256 cm³/mol. The fraction of sp³-hybridized carbons (Fsp3) is 0.944. The van der Waals surface area contributed by atoms with Crippen LogP contribution in [0.15, 0.2) is 12.2 Å². The number of hydrogen-bond acceptors (Lipinski definition) is 4. The number of aliphatic hydroxyl groups is 1. The van der Waals surface area contributed by atoms with E-state index in [1.54, 1.807) is 0 Å². The molecular formula is C54H106O4. The van der Waals surface area contributed by atoms with Gasteiger partial charge in [0, 0.05) is 13.0 Å². The molecule has 0 spiro atoms. The van der Waals surface area contributed by atoms with Crippen molar-refractivity contribution in [3.05, 3.63) is 12.2 Å². The summed E-state index contributed by atoms with van der Waals surface area (Å²) in [5.74, 6) is -0.192. The molecule has 1 unspecified atom stereocenters. The summed E-state index contributed by atoms with van der Waals surface area (Å²) in [6, 6.07) is 0. The van der Waals surface area contributed by atoms with E-state index in [4.69, 9.17) is 9.47 Å². The van der Waals surface area contributed by atoms with E-state index in [9.17, 15) is 9.90 Å². The highest BCUT2D eigenvalue weighted by molar-refractivity contribution is 5.69. The number of carbonyl (C=O) groups is 1. The molecule has 58 heavy (non-hydrogen) atoms. The van der Waals surface area contributed by atoms with Crippen molar-refractivity contribution in [2.45, 2.75) is 309 Å². The Morgan fingerprint density at radius 2 is 0.672 bits per heavy atom. The Bertz CT molecular complexity index is 781. The van der Waals surface area contributed by atoms with Crippen LogP contribution in [0.5, 0.6) is 0 Å². The summed E-state index contributed by atoms with van der Waals surface area (Å²) >= 11 is 0. The van der Waals surface area contributed by atoms with Crippen LogP contribution >= 0.6 is 0 Å². The van der Waals surface area contributed by atoms with Crippen molar-refractivity contribution in [3.8, 4) is 0 Å². The van der Waals surface area contributed by atoms with Crippen LogP contribution in [-0.4, -0.2) is 37.0 Å². The normalized spacial score (nSPS) is 12.3. The second kappa shape index (κ2) is 52.3. The van der Waals surface area contributed by atoms with E-state index < -0.39 is 6.10 Å². The SMILES string of the molecule is CCCCCCCCCC/C=C\CCCCCCCCCCCCCCOCC(CO)OC(=O)CCCCCCCCCCCCCCCCCCCCCCCC. The van der Waals surface area contributed by atoms with E-state index in [1.807, 2.05) is 0 Å². The molecule has 0 amide bonds. The number of hydrogen-bond donors (Lipinski definition) is 1. The second-order valence-electron chi connectivity index (χ2n) is 18.3. The maximum atomic E-state index is 12.3. The number of carbonyl (C=O) groups excluding carboxylic acids is 1. The van der Waals surface area contributed by atoms with Crippen molar-refractivity contribution < 1.29 is 19.4 Å². The lowest BCUT2D eigenvalue weighted by atomic mass is 10.0. The zero-order valence-electron chi connectivity index (χ0n) is 39.8. The Morgan fingerprint density at radius 1 is 0.397 bits per heavy atom. The Labute approximate surface area is 365 Å². The van der Waals surface area contributed by atoms with Gasteiger partial charge < -0.3 is 14.6 Å². The van der Waals surface area contributed by atoms with E-state index >= 15 is 0 Å². The van der Waals surface area contributed by atoms with E-state index in [-0.39, 0.29) is 12.6 Å². The van der Waals surface area contributed by atoms with Gasteiger partial charge in [0.15, 0.2) is 0 Å². The van der Waals surface area contributed by atoms with Gasteiger partial charge >= 0.3 is 5.97 Å². The van der Waals surface area contributed by atoms with Crippen LogP contribution in [-0.2, 0) is 14.3 Å². The molecule has 346 valence electrons. The van der Waals surface area contributed by atoms with Crippen LogP contribution < -0.4 is 0 Å². The summed E-state index contributed by atoms with van der Waals surface area (Å²) in [6.45, 7) is 5.41. The minimum absolute atomic E-state index is 0.165. The van der Waals surface area contributed by atoms with Crippen LogP contribution in [0.3, 0.4) is 0 Å². The zero-order valence-corrected chi connectivity index (χ0v) is 39.8. The molecule has 0 rings (SSSR count). The number of esters is 1. The number of allylic oxidation sites excluding steroid dienone is 2. The molecule has 0 aliphatic rings. The van der Waals surface area contributed by atoms with Crippen molar-refractivity contribution in [3.63, 3.8) is 0 Å². The van der Waals surface area contributed by atoms with Crippen LogP contribution in [0.4, 0.5) is 0 Å². The predicted octanol–water partition coefficient (Wildman–Crippen LogP) is 18.1. The molecule has 4 heteroatoms. The number of ether oxygens (including phenoxy) is 2. The van der Waals surface area contributed by atoms with Crippen molar-refractivity contribution in [2.75, 3.05) is 19.8 Å². The highest BCUT2D eigenvalue weighted by atomic mass is 16.6. The lowest BCUT2D eigenvalue weighted by Crippen LogP contribution is -2.27. The van der Waals surface area contributed by atoms with Crippen LogP contribution in [0, 0.1) is 0 Å². The molecule has 0 aromatic carbocycles. The Hall–Kier alpha value is -0.870. The summed E-state index contributed by atoms with van der Waals surface area (Å²) in [4.78, 5) is 12.3. The van der Waals surface area contributed by atoms with Crippen LogP contribution in [0.1, 0.15) is 303 Å². The van der Waals surface area contributed by atoms with Gasteiger partial charge in [-0.2, -0.15) is 0 Å². The first-order chi connectivity index (χ1) is 28.7. The fourth-order valence-corrected chi connectivity index (χ4v) is 8.33. The summed E-state index contributed by atoms with van der Waals surface area (Å²) in [7, 11) is 0. The third-order valence-corrected chi connectivity index (χ3v) is 12.3. The third kappa shape index (κ3) is 49.5. The van der Waals surface area contributed by atoms with E-state index in [0.29, 0.717) is 19.6 Å². The molecule has 0 fully saturated rings. The van der Waals surface area contributed by atoms with Gasteiger partial charge in [-0.1, -0.05) is 270 Å². The number of aliphatic hydroxyl groups excluding tert-OH is 1. The molecule has 1 atom stereocenters. The van der Waals surface area contributed by atoms with Crippen molar-refractivity contribution in [1.82, 2.24) is 0 Å². The fourth-order valence-electron chi connectivity index (χ4n) is 8.33. The van der Waals surface area contributed by atoms with Gasteiger partial charge in [0.25, 0.3) is 0 Å². The Kier molecular flexibility index (Phi) is 51.5. The highest BCUT2D eigenvalue weighted by Gasteiger charge is 2.13. The third-order valence-electron chi connectivity index (χ3n) is 12.3. The molecule has 4 nitrogen and oxygen atoms in total. The quantitative estimate of drug-likeness (QED) is 0.0377. The zero-order chi connectivity index (χ0) is 41.9. The summed E-state index contributed by atoms with van der Waals surface area (Å²) < 4.78 is 11.2. The smallest absolute Gasteiger partial charge is 0.306 e. The molecule has 0 saturated carbocycles. The molecule has 0 heterocycles. The summed E-state index contributed by atoms with van der Waals surface area (Å²) in [5.41, 5.74) is 0. The molecule has 0 aromatic heterocycles. The van der Waals surface area contributed by atoms with Crippen molar-refractivity contribution in [2.24, 2.45) is 0 Å². The number of unbranched alkanes of at least 4 members (excludes halogenated alkanes) is 41. The molecule has 0 radical (unpaired) electrons. The van der Waals surface area contributed by atoms with Gasteiger partial charge in [0.1, 0.15) is 6.10 Å². The van der Waals surface area contributed by atoms with Crippen LogP contribution in [0.2, 0.25) is 0 Å². The Morgan fingerprint density at radius 3 is 0.983 bits per heavy atom. The minimum Gasteiger partial charge on any atom is -0.457 e. The summed E-state index contributed by atoms with van der Waals surface area (Å²) in [6.07, 6.45) is 64.6. The van der Waals surface area contributed by atoms with Gasteiger partial charge in [-0.3, -0.25) is 4.79 Å². The second-order valence-corrected chi connectivity index (χ2v) is 18.3. The number of rotatable bonds is 51. The van der Waals surface area contributed by atoms with Gasteiger partial charge in [-0.25, -0.2) is 0 Å². The molecule has 0 aliphatic heterocycles. The summed E-state index contributed by atoms with van der Waals surface area (Å²) in [5, 5.41) is 9.66. The first-order valence-electron chi connectivity index (χ1n) is 26.8. The van der Waals surface area contributed by atoms with Crippen molar-refractivity contribution in [1.29, 1.82) is 0 Å².